The zero-order chi connectivity index (χ0) is 29.8. The second kappa shape index (κ2) is 10.8. The molecule has 1 aromatic carbocycles. The van der Waals surface area contributed by atoms with Gasteiger partial charge in [-0.05, 0) is 56.0 Å². The molecule has 2 aliphatic heterocycles. The third kappa shape index (κ3) is 5.59. The van der Waals surface area contributed by atoms with Crippen LogP contribution in [-0.2, 0) is 22.4 Å². The van der Waals surface area contributed by atoms with E-state index >= 15 is 0 Å². The number of sulfone groups is 1. The summed E-state index contributed by atoms with van der Waals surface area (Å²) in [5, 5.41) is 6.49. The molecule has 4 heterocycles. The number of aryl methyl sites for hydroxylation is 1. The highest BCUT2D eigenvalue weighted by atomic mass is 32.2. The Morgan fingerprint density at radius 3 is 2.67 bits per heavy atom. The maximum Gasteiger partial charge on any atom is 0.420 e. The van der Waals surface area contributed by atoms with Gasteiger partial charge < -0.3 is 20.4 Å². The van der Waals surface area contributed by atoms with Gasteiger partial charge in [0.2, 0.25) is 5.95 Å². The van der Waals surface area contributed by atoms with Crippen LogP contribution in [0.15, 0.2) is 35.4 Å². The van der Waals surface area contributed by atoms with Gasteiger partial charge in [0.25, 0.3) is 5.91 Å². The van der Waals surface area contributed by atoms with Crippen LogP contribution in [0.2, 0.25) is 0 Å². The SMILES string of the molecule is CCc1cc(N2CCN[C@H](C)C2)ccc1Nc1ncc(C(F)(F)F)c(-c2cc3c(s2)C(=O)N(C2CC2)CCS3(=O)=O)n1. The molecule has 1 atom stereocenters. The van der Waals surface area contributed by atoms with Gasteiger partial charge >= 0.3 is 6.18 Å². The number of nitrogens with one attached hydrogen (secondary N) is 2. The smallest absolute Gasteiger partial charge is 0.369 e. The Balaban J connectivity index is 1.37. The van der Waals surface area contributed by atoms with Crippen molar-refractivity contribution in [3.63, 3.8) is 0 Å². The molecule has 3 aliphatic rings. The minimum atomic E-state index is -4.80. The second-order valence-electron chi connectivity index (χ2n) is 10.9. The minimum Gasteiger partial charge on any atom is -0.369 e. The number of hydrogen-bond acceptors (Lipinski definition) is 9. The number of anilines is 3. The normalized spacial score (nSPS) is 20.8. The van der Waals surface area contributed by atoms with Gasteiger partial charge in [0.1, 0.15) is 10.4 Å². The van der Waals surface area contributed by atoms with Gasteiger partial charge in [0, 0.05) is 55.8 Å². The Labute approximate surface area is 246 Å². The number of nitrogens with zero attached hydrogens (tertiary/aromatic N) is 4. The van der Waals surface area contributed by atoms with E-state index in [1.165, 1.54) is 4.90 Å². The van der Waals surface area contributed by atoms with Crippen molar-refractivity contribution in [3.05, 3.63) is 46.5 Å². The van der Waals surface area contributed by atoms with Crippen molar-refractivity contribution in [1.82, 2.24) is 20.2 Å². The Kier molecular flexibility index (Phi) is 7.42. The molecule has 1 saturated heterocycles. The number of carbonyl (C=O) groups excluding carboxylic acids is 1. The zero-order valence-electron chi connectivity index (χ0n) is 23.2. The predicted molar refractivity (Wildman–Crippen MR) is 155 cm³/mol. The zero-order valence-corrected chi connectivity index (χ0v) is 24.8. The third-order valence-electron chi connectivity index (χ3n) is 7.85. The third-order valence-corrected chi connectivity index (χ3v) is 10.8. The molecule has 0 radical (unpaired) electrons. The highest BCUT2D eigenvalue weighted by Gasteiger charge is 2.41. The number of aromatic nitrogens is 2. The lowest BCUT2D eigenvalue weighted by molar-refractivity contribution is -0.137. The van der Waals surface area contributed by atoms with Crippen molar-refractivity contribution >= 4 is 44.4 Å². The first-order valence-electron chi connectivity index (χ1n) is 13.9. The lowest BCUT2D eigenvalue weighted by Crippen LogP contribution is -2.49. The summed E-state index contributed by atoms with van der Waals surface area (Å²) in [7, 11) is -3.87. The van der Waals surface area contributed by atoms with E-state index in [1.54, 1.807) is 0 Å². The molecule has 14 heteroatoms. The number of piperazine rings is 1. The van der Waals surface area contributed by atoms with Crippen molar-refractivity contribution in [2.24, 2.45) is 0 Å². The van der Waals surface area contributed by atoms with E-state index in [-0.39, 0.29) is 38.9 Å². The number of amides is 1. The van der Waals surface area contributed by atoms with Crippen LogP contribution in [-0.4, -0.2) is 73.2 Å². The predicted octanol–water partition coefficient (Wildman–Crippen LogP) is 4.72. The summed E-state index contributed by atoms with van der Waals surface area (Å²) in [5.74, 6) is -0.796. The van der Waals surface area contributed by atoms with Gasteiger partial charge in [-0.3, -0.25) is 4.79 Å². The summed E-state index contributed by atoms with van der Waals surface area (Å²) in [6.45, 7) is 6.80. The number of rotatable bonds is 6. The van der Waals surface area contributed by atoms with Crippen LogP contribution < -0.4 is 15.5 Å². The Bertz CT molecular complexity index is 1640. The monoisotopic (exact) mass is 620 g/mol. The van der Waals surface area contributed by atoms with Gasteiger partial charge in [-0.2, -0.15) is 13.2 Å². The maximum atomic E-state index is 14.1. The van der Waals surface area contributed by atoms with E-state index in [9.17, 15) is 26.4 Å². The Hall–Kier alpha value is -3.23. The van der Waals surface area contributed by atoms with Crippen molar-refractivity contribution < 1.29 is 26.4 Å². The van der Waals surface area contributed by atoms with Crippen LogP contribution in [0.1, 0.15) is 47.5 Å². The summed E-state index contributed by atoms with van der Waals surface area (Å²) in [6, 6.07) is 7.37. The maximum absolute atomic E-state index is 14.1. The quantitative estimate of drug-likeness (QED) is 0.408. The number of hydrogen-bond donors (Lipinski definition) is 2. The first-order chi connectivity index (χ1) is 19.9. The first-order valence-corrected chi connectivity index (χ1v) is 16.4. The number of halogens is 3. The number of carbonyl (C=O) groups is 1. The molecule has 1 amide bonds. The molecule has 1 saturated carbocycles. The van der Waals surface area contributed by atoms with Crippen LogP contribution in [0.4, 0.5) is 30.5 Å². The molecule has 2 N–H and O–H groups in total. The van der Waals surface area contributed by atoms with E-state index < -0.39 is 33.2 Å². The molecule has 6 rings (SSSR count). The van der Waals surface area contributed by atoms with E-state index in [0.29, 0.717) is 24.3 Å². The minimum absolute atomic E-state index is 0.0288. The summed E-state index contributed by atoms with van der Waals surface area (Å²) in [6.07, 6.45) is -1.86. The molecule has 3 aromatic rings. The number of benzene rings is 1. The molecule has 2 fully saturated rings. The van der Waals surface area contributed by atoms with Crippen molar-refractivity contribution in [2.75, 3.05) is 42.1 Å². The first kappa shape index (κ1) is 28.9. The fraction of sp³-hybridized carbons (Fsp3) is 0.464. The molecule has 224 valence electrons. The average Bonchev–Trinajstić information content (AvgIpc) is 3.69. The fourth-order valence-corrected chi connectivity index (χ4v) is 8.40. The topological polar surface area (TPSA) is 108 Å². The molecule has 0 bridgehead atoms. The van der Waals surface area contributed by atoms with Crippen molar-refractivity contribution in [3.8, 4) is 10.6 Å². The highest BCUT2D eigenvalue weighted by Crippen LogP contribution is 2.43. The largest absolute Gasteiger partial charge is 0.420 e. The molecule has 9 nitrogen and oxygen atoms in total. The van der Waals surface area contributed by atoms with E-state index in [0.717, 1.165) is 61.1 Å². The average molecular weight is 621 g/mol. The molecule has 42 heavy (non-hydrogen) atoms. The van der Waals surface area contributed by atoms with Crippen LogP contribution in [0.3, 0.4) is 0 Å². The molecular formula is C28H31F3N6O3S2. The van der Waals surface area contributed by atoms with Crippen LogP contribution >= 0.6 is 11.3 Å². The van der Waals surface area contributed by atoms with Crippen LogP contribution in [0.5, 0.6) is 0 Å². The fourth-order valence-electron chi connectivity index (χ4n) is 5.48. The van der Waals surface area contributed by atoms with Crippen molar-refractivity contribution in [1.29, 1.82) is 0 Å². The van der Waals surface area contributed by atoms with E-state index in [4.69, 9.17) is 0 Å². The van der Waals surface area contributed by atoms with Gasteiger partial charge in [0.15, 0.2) is 9.84 Å². The number of alkyl halides is 3. The Morgan fingerprint density at radius 2 is 1.98 bits per heavy atom. The van der Waals surface area contributed by atoms with E-state index in [2.05, 4.69) is 38.5 Å². The molecule has 1 aliphatic carbocycles. The Morgan fingerprint density at radius 1 is 1.19 bits per heavy atom. The standard InChI is InChI=1S/C28H31F3N6O3S2/c1-3-17-12-19(36-9-8-32-16(2)15-36)6-7-21(17)34-27-33-14-20(28(29,30)31)24(35-27)22-13-23-25(41-22)26(38)37(18-4-5-18)10-11-42(23,39)40/h6-7,12-14,16,18,32H,3-5,8-11,15H2,1-2H3,(H,33,34,35)/t16-/m1/s1. The molecular weight excluding hydrogens is 589 g/mol. The summed E-state index contributed by atoms with van der Waals surface area (Å²) >= 11 is 0.733. The molecule has 0 spiro atoms. The van der Waals surface area contributed by atoms with Gasteiger partial charge in [-0.1, -0.05) is 6.92 Å². The second-order valence-corrected chi connectivity index (χ2v) is 14.1. The van der Waals surface area contributed by atoms with E-state index in [1.807, 2.05) is 19.1 Å². The van der Waals surface area contributed by atoms with Gasteiger partial charge in [0.05, 0.1) is 21.2 Å². The van der Waals surface area contributed by atoms with Gasteiger partial charge in [-0.15, -0.1) is 11.3 Å². The highest BCUT2D eigenvalue weighted by molar-refractivity contribution is 7.91. The summed E-state index contributed by atoms with van der Waals surface area (Å²) in [5.41, 5.74) is 1.10. The summed E-state index contributed by atoms with van der Waals surface area (Å²) in [4.78, 5) is 24.9. The van der Waals surface area contributed by atoms with Crippen LogP contribution in [0, 0.1) is 0 Å². The van der Waals surface area contributed by atoms with Crippen LogP contribution in [0.25, 0.3) is 10.6 Å². The lowest BCUT2D eigenvalue weighted by atomic mass is 10.1. The molecule has 0 unspecified atom stereocenters. The molecule has 2 aromatic heterocycles. The number of fused-ring (bicyclic) bond motifs is 1. The van der Waals surface area contributed by atoms with Crippen molar-refractivity contribution in [2.45, 2.75) is 56.3 Å². The van der Waals surface area contributed by atoms with Gasteiger partial charge in [-0.25, -0.2) is 18.4 Å². The number of thiophene rings is 1. The lowest BCUT2D eigenvalue weighted by Gasteiger charge is -2.34. The summed E-state index contributed by atoms with van der Waals surface area (Å²) < 4.78 is 68.4.